The van der Waals surface area contributed by atoms with Crippen molar-refractivity contribution in [1.82, 2.24) is 20.3 Å². The van der Waals surface area contributed by atoms with Gasteiger partial charge in [-0.05, 0) is 37.0 Å². The Balaban J connectivity index is 1.50. The summed E-state index contributed by atoms with van der Waals surface area (Å²) in [5, 5.41) is 11.0. The van der Waals surface area contributed by atoms with Gasteiger partial charge in [-0.3, -0.25) is 4.79 Å². The van der Waals surface area contributed by atoms with E-state index in [1.54, 1.807) is 4.68 Å². The molecule has 1 unspecified atom stereocenters. The Bertz CT molecular complexity index is 739. The number of benzene rings is 1. The van der Waals surface area contributed by atoms with Crippen LogP contribution in [0.1, 0.15) is 30.5 Å². The number of ether oxygens (including phenoxy) is 4. The van der Waals surface area contributed by atoms with E-state index in [1.807, 2.05) is 30.5 Å². The SMILES string of the molecule is COC(OC)C(=O)NCc1ccc(-n2cc(COC3CCCCO3)nn2)cc1. The van der Waals surface area contributed by atoms with Gasteiger partial charge >= 0.3 is 0 Å². The Morgan fingerprint density at radius 2 is 2.07 bits per heavy atom. The van der Waals surface area contributed by atoms with E-state index in [0.717, 1.165) is 42.8 Å². The van der Waals surface area contributed by atoms with Crippen LogP contribution < -0.4 is 5.32 Å². The second-order valence-corrected chi connectivity index (χ2v) is 6.45. The fourth-order valence-corrected chi connectivity index (χ4v) is 2.86. The van der Waals surface area contributed by atoms with Crippen molar-refractivity contribution in [2.45, 2.75) is 45.0 Å². The highest BCUT2D eigenvalue weighted by Gasteiger charge is 2.16. The lowest BCUT2D eigenvalue weighted by atomic mass is 10.2. The molecule has 0 bridgehead atoms. The maximum atomic E-state index is 11.8. The van der Waals surface area contributed by atoms with Gasteiger partial charge in [0.1, 0.15) is 5.69 Å². The molecular weight excluding hydrogens is 364 g/mol. The van der Waals surface area contributed by atoms with Crippen molar-refractivity contribution >= 4 is 5.91 Å². The second kappa shape index (κ2) is 10.3. The van der Waals surface area contributed by atoms with Crippen molar-refractivity contribution < 1.29 is 23.7 Å². The van der Waals surface area contributed by atoms with E-state index in [1.165, 1.54) is 14.2 Å². The molecule has 0 radical (unpaired) electrons. The molecule has 1 atom stereocenters. The van der Waals surface area contributed by atoms with E-state index in [0.29, 0.717) is 13.2 Å². The molecule has 3 rings (SSSR count). The van der Waals surface area contributed by atoms with E-state index >= 15 is 0 Å². The summed E-state index contributed by atoms with van der Waals surface area (Å²) in [5.74, 6) is -0.322. The molecule has 0 saturated carbocycles. The van der Waals surface area contributed by atoms with E-state index in [-0.39, 0.29) is 12.2 Å². The third-order valence-corrected chi connectivity index (χ3v) is 4.41. The zero-order valence-corrected chi connectivity index (χ0v) is 16.2. The summed E-state index contributed by atoms with van der Waals surface area (Å²) in [6, 6.07) is 7.65. The van der Waals surface area contributed by atoms with Crippen LogP contribution in [0.3, 0.4) is 0 Å². The van der Waals surface area contributed by atoms with Crippen LogP contribution in [-0.2, 0) is 36.9 Å². The predicted molar refractivity (Wildman–Crippen MR) is 99.4 cm³/mol. The summed E-state index contributed by atoms with van der Waals surface area (Å²) >= 11 is 0. The third kappa shape index (κ3) is 5.59. The minimum absolute atomic E-state index is 0.149. The lowest BCUT2D eigenvalue weighted by Gasteiger charge is -2.22. The normalized spacial score (nSPS) is 17.0. The molecule has 0 aliphatic carbocycles. The molecule has 1 aliphatic heterocycles. The summed E-state index contributed by atoms with van der Waals surface area (Å²) in [4.78, 5) is 11.8. The van der Waals surface area contributed by atoms with Gasteiger partial charge in [-0.15, -0.1) is 5.10 Å². The van der Waals surface area contributed by atoms with Crippen LogP contribution in [-0.4, -0.2) is 54.3 Å². The standard InChI is InChI=1S/C19H26N4O5/c1-25-19(26-2)18(24)20-11-14-6-8-16(9-7-14)23-12-15(21-22-23)13-28-17-5-3-4-10-27-17/h6-9,12,17,19H,3-5,10-11,13H2,1-2H3,(H,20,24). The topological polar surface area (TPSA) is 96.7 Å². The Morgan fingerprint density at radius 3 is 2.75 bits per heavy atom. The molecule has 1 amide bonds. The van der Waals surface area contributed by atoms with Crippen LogP contribution in [0.15, 0.2) is 30.5 Å². The third-order valence-electron chi connectivity index (χ3n) is 4.41. The van der Waals surface area contributed by atoms with Crippen molar-refractivity contribution in [2.24, 2.45) is 0 Å². The quantitative estimate of drug-likeness (QED) is 0.649. The highest BCUT2D eigenvalue weighted by molar-refractivity contribution is 5.79. The average molecular weight is 390 g/mol. The van der Waals surface area contributed by atoms with Gasteiger partial charge in [0.25, 0.3) is 5.91 Å². The van der Waals surface area contributed by atoms with E-state index in [4.69, 9.17) is 18.9 Å². The van der Waals surface area contributed by atoms with E-state index < -0.39 is 6.29 Å². The van der Waals surface area contributed by atoms with Gasteiger partial charge in [-0.1, -0.05) is 17.3 Å². The number of carbonyl (C=O) groups is 1. The number of methoxy groups -OCH3 is 2. The van der Waals surface area contributed by atoms with Crippen LogP contribution in [0, 0.1) is 0 Å². The fourth-order valence-electron chi connectivity index (χ4n) is 2.86. The minimum Gasteiger partial charge on any atom is -0.353 e. The van der Waals surface area contributed by atoms with Crippen LogP contribution in [0.5, 0.6) is 0 Å². The second-order valence-electron chi connectivity index (χ2n) is 6.45. The first-order valence-corrected chi connectivity index (χ1v) is 9.26. The molecule has 1 saturated heterocycles. The van der Waals surface area contributed by atoms with Crippen molar-refractivity contribution in [1.29, 1.82) is 0 Å². The molecule has 2 aromatic rings. The average Bonchev–Trinajstić information content (AvgIpc) is 3.22. The molecule has 0 spiro atoms. The number of amides is 1. The minimum atomic E-state index is -0.908. The number of nitrogens with one attached hydrogen (secondary N) is 1. The summed E-state index contributed by atoms with van der Waals surface area (Å²) in [6.07, 6.45) is 3.91. The molecular formula is C19H26N4O5. The maximum absolute atomic E-state index is 11.8. The lowest BCUT2D eigenvalue weighted by Crippen LogP contribution is -2.36. The summed E-state index contributed by atoms with van der Waals surface area (Å²) in [6.45, 7) is 1.50. The molecule has 28 heavy (non-hydrogen) atoms. The smallest absolute Gasteiger partial charge is 0.277 e. The van der Waals surface area contributed by atoms with Gasteiger partial charge in [-0.2, -0.15) is 0 Å². The Labute approximate surface area is 163 Å². The van der Waals surface area contributed by atoms with Crippen LogP contribution in [0.4, 0.5) is 0 Å². The number of hydrogen-bond donors (Lipinski definition) is 1. The Hall–Kier alpha value is -2.33. The van der Waals surface area contributed by atoms with E-state index in [2.05, 4.69) is 15.6 Å². The number of aromatic nitrogens is 3. The van der Waals surface area contributed by atoms with Gasteiger partial charge in [-0.25, -0.2) is 4.68 Å². The molecule has 1 fully saturated rings. The highest BCUT2D eigenvalue weighted by Crippen LogP contribution is 2.15. The summed E-state index contributed by atoms with van der Waals surface area (Å²) in [5.41, 5.74) is 2.56. The van der Waals surface area contributed by atoms with Crippen molar-refractivity contribution in [3.8, 4) is 5.69 Å². The fraction of sp³-hybridized carbons (Fsp3) is 0.526. The van der Waals surface area contributed by atoms with Crippen molar-refractivity contribution in [3.05, 3.63) is 41.7 Å². The van der Waals surface area contributed by atoms with Crippen molar-refractivity contribution in [3.63, 3.8) is 0 Å². The van der Waals surface area contributed by atoms with Gasteiger partial charge in [0.15, 0.2) is 6.29 Å². The van der Waals surface area contributed by atoms with Crippen LogP contribution in [0.25, 0.3) is 5.69 Å². The molecule has 1 aliphatic rings. The summed E-state index contributed by atoms with van der Waals surface area (Å²) in [7, 11) is 2.84. The first-order chi connectivity index (χ1) is 13.7. The number of rotatable bonds is 9. The Morgan fingerprint density at radius 1 is 1.29 bits per heavy atom. The highest BCUT2D eigenvalue weighted by atomic mass is 16.7. The predicted octanol–water partition coefficient (Wildman–Crippen LogP) is 1.55. The molecule has 1 aromatic carbocycles. The van der Waals surface area contributed by atoms with Gasteiger partial charge in [0, 0.05) is 27.4 Å². The molecule has 2 heterocycles. The molecule has 1 N–H and O–H groups in total. The summed E-state index contributed by atoms with van der Waals surface area (Å²) < 4.78 is 22.8. The monoisotopic (exact) mass is 390 g/mol. The van der Waals surface area contributed by atoms with Gasteiger partial charge < -0.3 is 24.3 Å². The van der Waals surface area contributed by atoms with Crippen LogP contribution in [0.2, 0.25) is 0 Å². The maximum Gasteiger partial charge on any atom is 0.277 e. The van der Waals surface area contributed by atoms with E-state index in [9.17, 15) is 4.79 Å². The van der Waals surface area contributed by atoms with Gasteiger partial charge in [0.05, 0.1) is 18.5 Å². The zero-order chi connectivity index (χ0) is 19.8. The first-order valence-electron chi connectivity index (χ1n) is 9.26. The zero-order valence-electron chi connectivity index (χ0n) is 16.2. The Kier molecular flexibility index (Phi) is 7.49. The molecule has 1 aromatic heterocycles. The lowest BCUT2D eigenvalue weighted by molar-refractivity contribution is -0.169. The number of carbonyl (C=O) groups excluding carboxylic acids is 1. The number of nitrogens with zero attached hydrogens (tertiary/aromatic N) is 3. The largest absolute Gasteiger partial charge is 0.353 e. The first kappa shape index (κ1) is 20.4. The van der Waals surface area contributed by atoms with Crippen LogP contribution >= 0.6 is 0 Å². The van der Waals surface area contributed by atoms with Gasteiger partial charge in [0.2, 0.25) is 6.29 Å². The number of hydrogen-bond acceptors (Lipinski definition) is 7. The van der Waals surface area contributed by atoms with Crippen molar-refractivity contribution in [2.75, 3.05) is 20.8 Å². The molecule has 9 nitrogen and oxygen atoms in total. The molecule has 9 heteroatoms. The molecule has 152 valence electrons.